The van der Waals surface area contributed by atoms with Gasteiger partial charge in [-0.1, -0.05) is 48.0 Å². The molecule has 2 N–H and O–H groups in total. The van der Waals surface area contributed by atoms with Gasteiger partial charge in [0, 0.05) is 29.4 Å². The molecule has 0 aliphatic carbocycles. The van der Waals surface area contributed by atoms with Crippen LogP contribution in [0.3, 0.4) is 0 Å². The van der Waals surface area contributed by atoms with Gasteiger partial charge >= 0.3 is 0 Å². The van der Waals surface area contributed by atoms with Crippen molar-refractivity contribution in [1.29, 1.82) is 0 Å². The van der Waals surface area contributed by atoms with E-state index in [0.29, 0.717) is 12.3 Å². The number of amides is 1. The topological polar surface area (TPSA) is 44.9 Å². The highest BCUT2D eigenvalue weighted by atomic mass is 32.2. The Labute approximate surface area is 146 Å². The number of aromatic nitrogens is 1. The SMILES string of the molecule is Cc1ccc(CSCC(=O)NCCc2c[nH]c3ccccc23)cc1. The third-order valence-corrected chi connectivity index (χ3v) is 5.02. The molecule has 3 rings (SSSR count). The predicted molar refractivity (Wildman–Crippen MR) is 102 cm³/mol. The molecule has 0 fully saturated rings. The Morgan fingerprint density at radius 1 is 1.12 bits per heavy atom. The van der Waals surface area contributed by atoms with Crippen LogP contribution in [-0.4, -0.2) is 23.2 Å². The van der Waals surface area contributed by atoms with Gasteiger partial charge in [-0.25, -0.2) is 0 Å². The molecule has 0 radical (unpaired) electrons. The number of H-pyrrole nitrogens is 1. The van der Waals surface area contributed by atoms with Crippen molar-refractivity contribution in [1.82, 2.24) is 10.3 Å². The van der Waals surface area contributed by atoms with Crippen molar-refractivity contribution in [3.63, 3.8) is 0 Å². The number of thioether (sulfide) groups is 1. The molecule has 0 bridgehead atoms. The highest BCUT2D eigenvalue weighted by Gasteiger charge is 2.05. The van der Waals surface area contributed by atoms with Crippen LogP contribution in [-0.2, 0) is 17.0 Å². The average molecular weight is 338 g/mol. The van der Waals surface area contributed by atoms with Crippen LogP contribution in [0.25, 0.3) is 10.9 Å². The van der Waals surface area contributed by atoms with Gasteiger partial charge in [-0.15, -0.1) is 11.8 Å². The molecular formula is C20H22N2OS. The molecular weight excluding hydrogens is 316 g/mol. The number of para-hydroxylation sites is 1. The lowest BCUT2D eigenvalue weighted by atomic mass is 10.1. The Kier molecular flexibility index (Phi) is 5.59. The lowest BCUT2D eigenvalue weighted by molar-refractivity contribution is -0.118. The number of fused-ring (bicyclic) bond motifs is 1. The zero-order valence-corrected chi connectivity index (χ0v) is 14.7. The van der Waals surface area contributed by atoms with E-state index in [4.69, 9.17) is 0 Å². The van der Waals surface area contributed by atoms with E-state index in [9.17, 15) is 4.79 Å². The molecule has 1 aromatic heterocycles. The molecule has 3 aromatic rings. The summed E-state index contributed by atoms with van der Waals surface area (Å²) in [5.41, 5.74) is 4.92. The summed E-state index contributed by atoms with van der Waals surface area (Å²) in [6.45, 7) is 2.75. The molecule has 4 heteroatoms. The summed E-state index contributed by atoms with van der Waals surface area (Å²) in [4.78, 5) is 15.2. The Morgan fingerprint density at radius 2 is 1.92 bits per heavy atom. The van der Waals surface area contributed by atoms with Crippen LogP contribution in [0.2, 0.25) is 0 Å². The molecule has 3 nitrogen and oxygen atoms in total. The van der Waals surface area contributed by atoms with Gasteiger partial charge < -0.3 is 10.3 Å². The highest BCUT2D eigenvalue weighted by Crippen LogP contribution is 2.17. The van der Waals surface area contributed by atoms with Crippen LogP contribution in [0, 0.1) is 6.92 Å². The van der Waals surface area contributed by atoms with Crippen LogP contribution in [0.15, 0.2) is 54.7 Å². The summed E-state index contributed by atoms with van der Waals surface area (Å²) in [6.07, 6.45) is 2.88. The quantitative estimate of drug-likeness (QED) is 0.682. The maximum absolute atomic E-state index is 11.9. The van der Waals surface area contributed by atoms with Gasteiger partial charge in [0.05, 0.1) is 5.75 Å². The van der Waals surface area contributed by atoms with Crippen LogP contribution >= 0.6 is 11.8 Å². The van der Waals surface area contributed by atoms with Gasteiger partial charge in [0.25, 0.3) is 0 Å². The summed E-state index contributed by atoms with van der Waals surface area (Å²) < 4.78 is 0. The molecule has 0 unspecified atom stereocenters. The molecule has 0 spiro atoms. The second-order valence-electron chi connectivity index (χ2n) is 5.94. The van der Waals surface area contributed by atoms with E-state index in [1.807, 2.05) is 18.3 Å². The lowest BCUT2D eigenvalue weighted by Gasteiger charge is -2.05. The molecule has 1 amide bonds. The Morgan fingerprint density at radius 3 is 2.75 bits per heavy atom. The van der Waals surface area contributed by atoms with Crippen LogP contribution < -0.4 is 5.32 Å². The minimum Gasteiger partial charge on any atom is -0.361 e. The first-order valence-corrected chi connectivity index (χ1v) is 9.33. The fraction of sp³-hybridized carbons (Fsp3) is 0.250. The standard InChI is InChI=1S/C20H22N2OS/c1-15-6-8-16(9-7-15)13-24-14-20(23)21-11-10-17-12-22-19-5-3-2-4-18(17)19/h2-9,12,22H,10-11,13-14H2,1H3,(H,21,23). The Hall–Kier alpha value is -2.20. The summed E-state index contributed by atoms with van der Waals surface area (Å²) in [6, 6.07) is 16.7. The maximum atomic E-state index is 11.9. The number of hydrogen-bond donors (Lipinski definition) is 2. The number of hydrogen-bond acceptors (Lipinski definition) is 2. The third-order valence-electron chi connectivity index (χ3n) is 4.01. The van der Waals surface area contributed by atoms with Gasteiger partial charge in [0.2, 0.25) is 5.91 Å². The zero-order chi connectivity index (χ0) is 16.8. The molecule has 124 valence electrons. The first-order valence-electron chi connectivity index (χ1n) is 8.17. The summed E-state index contributed by atoms with van der Waals surface area (Å²) >= 11 is 1.65. The number of nitrogens with one attached hydrogen (secondary N) is 2. The van der Waals surface area contributed by atoms with Crippen molar-refractivity contribution in [2.45, 2.75) is 19.1 Å². The minimum absolute atomic E-state index is 0.104. The number of aryl methyl sites for hydroxylation is 1. The van der Waals surface area contributed by atoms with Gasteiger partial charge in [0.1, 0.15) is 0 Å². The molecule has 0 atom stereocenters. The fourth-order valence-electron chi connectivity index (χ4n) is 2.67. The second kappa shape index (κ2) is 8.06. The van der Waals surface area contributed by atoms with Crippen molar-refractivity contribution in [2.24, 2.45) is 0 Å². The van der Waals surface area contributed by atoms with Gasteiger partial charge in [-0.3, -0.25) is 4.79 Å². The maximum Gasteiger partial charge on any atom is 0.230 e. The van der Waals surface area contributed by atoms with E-state index >= 15 is 0 Å². The lowest BCUT2D eigenvalue weighted by Crippen LogP contribution is -2.27. The smallest absolute Gasteiger partial charge is 0.230 e. The molecule has 0 saturated carbocycles. The number of carbonyl (C=O) groups is 1. The van der Waals surface area contributed by atoms with Crippen LogP contribution in [0.1, 0.15) is 16.7 Å². The number of carbonyl (C=O) groups excluding carboxylic acids is 1. The monoisotopic (exact) mass is 338 g/mol. The first-order chi connectivity index (χ1) is 11.7. The van der Waals surface area contributed by atoms with Gasteiger partial charge in [-0.2, -0.15) is 0 Å². The molecule has 0 aliphatic heterocycles. The van der Waals surface area contributed by atoms with Crippen molar-refractivity contribution < 1.29 is 4.79 Å². The number of benzene rings is 2. The molecule has 0 saturated heterocycles. The highest BCUT2D eigenvalue weighted by molar-refractivity contribution is 7.99. The van der Waals surface area contributed by atoms with E-state index < -0.39 is 0 Å². The fourth-order valence-corrected chi connectivity index (χ4v) is 3.49. The predicted octanol–water partition coefficient (Wildman–Crippen LogP) is 4.07. The molecule has 24 heavy (non-hydrogen) atoms. The summed E-state index contributed by atoms with van der Waals surface area (Å²) in [5, 5.41) is 4.24. The van der Waals surface area contributed by atoms with Gasteiger partial charge in [0.15, 0.2) is 0 Å². The third kappa shape index (κ3) is 4.42. The van der Waals surface area contributed by atoms with Crippen LogP contribution in [0.4, 0.5) is 0 Å². The molecule has 1 heterocycles. The van der Waals surface area contributed by atoms with E-state index in [1.165, 1.54) is 22.1 Å². The Balaban J connectivity index is 1.39. The van der Waals surface area contributed by atoms with E-state index in [2.05, 4.69) is 53.6 Å². The number of aromatic amines is 1. The number of rotatable bonds is 7. The largest absolute Gasteiger partial charge is 0.361 e. The summed E-state index contributed by atoms with van der Waals surface area (Å²) in [7, 11) is 0. The van der Waals surface area contributed by atoms with E-state index in [1.54, 1.807) is 11.8 Å². The summed E-state index contributed by atoms with van der Waals surface area (Å²) in [5.74, 6) is 1.48. The van der Waals surface area contributed by atoms with E-state index in [-0.39, 0.29) is 5.91 Å². The zero-order valence-electron chi connectivity index (χ0n) is 13.8. The van der Waals surface area contributed by atoms with Crippen molar-refractivity contribution >= 4 is 28.6 Å². The van der Waals surface area contributed by atoms with Crippen molar-refractivity contribution in [3.05, 3.63) is 71.4 Å². The van der Waals surface area contributed by atoms with Crippen LogP contribution in [0.5, 0.6) is 0 Å². The normalized spacial score (nSPS) is 10.9. The first kappa shape index (κ1) is 16.7. The second-order valence-corrected chi connectivity index (χ2v) is 6.92. The van der Waals surface area contributed by atoms with Gasteiger partial charge in [-0.05, 0) is 30.5 Å². The van der Waals surface area contributed by atoms with Crippen molar-refractivity contribution in [2.75, 3.05) is 12.3 Å². The average Bonchev–Trinajstić information content (AvgIpc) is 3.00. The molecule has 0 aliphatic rings. The minimum atomic E-state index is 0.104. The van der Waals surface area contributed by atoms with Crippen molar-refractivity contribution in [3.8, 4) is 0 Å². The Bertz CT molecular complexity index is 808. The molecule has 2 aromatic carbocycles. The van der Waals surface area contributed by atoms with E-state index in [0.717, 1.165) is 17.7 Å².